The van der Waals surface area contributed by atoms with Crippen LogP contribution >= 0.6 is 23.2 Å². The molecule has 8 heteroatoms. The first-order valence-electron chi connectivity index (χ1n) is 8.17. The third kappa shape index (κ3) is 3.12. The number of benzene rings is 1. The number of amides is 2. The summed E-state index contributed by atoms with van der Waals surface area (Å²) in [5, 5.41) is 4.09. The summed E-state index contributed by atoms with van der Waals surface area (Å²) in [6, 6.07) is 5.44. The van der Waals surface area contributed by atoms with Crippen LogP contribution < -0.4 is 11.1 Å². The second kappa shape index (κ2) is 6.35. The molecule has 1 saturated carbocycles. The van der Waals surface area contributed by atoms with Gasteiger partial charge in [-0.1, -0.05) is 23.2 Å². The molecule has 1 aliphatic carbocycles. The molecule has 2 aliphatic rings. The second-order valence-corrected chi connectivity index (χ2v) is 7.26. The highest BCUT2D eigenvalue weighted by molar-refractivity contribution is 6.36. The number of nitrogens with one attached hydrogen (secondary N) is 1. The molecular weight excluding hydrogens is 361 g/mol. The minimum atomic E-state index is -0.0746. The number of carbonyl (C=O) groups excluding carboxylic acids is 1. The fraction of sp³-hybridized carbons (Fsp3) is 0.353. The number of nitrogen functional groups attached to an aromatic ring is 1. The van der Waals surface area contributed by atoms with Gasteiger partial charge < -0.3 is 16.0 Å². The van der Waals surface area contributed by atoms with Gasteiger partial charge in [-0.05, 0) is 37.5 Å². The van der Waals surface area contributed by atoms with Gasteiger partial charge >= 0.3 is 6.03 Å². The number of halogens is 2. The van der Waals surface area contributed by atoms with E-state index in [1.807, 2.05) is 6.07 Å². The number of hydrogen-bond acceptors (Lipinski definition) is 4. The van der Waals surface area contributed by atoms with Gasteiger partial charge in [0, 0.05) is 22.2 Å². The Labute approximate surface area is 155 Å². The zero-order valence-electron chi connectivity index (χ0n) is 13.4. The minimum absolute atomic E-state index is 0.0746. The number of rotatable bonds is 2. The van der Waals surface area contributed by atoms with Crippen molar-refractivity contribution in [3.8, 4) is 11.3 Å². The first-order chi connectivity index (χ1) is 12.0. The number of nitrogens with zero attached hydrogens (tertiary/aromatic N) is 3. The number of carbonyl (C=O) groups is 1. The monoisotopic (exact) mass is 377 g/mol. The molecule has 0 bridgehead atoms. The maximum atomic E-state index is 12.5. The Morgan fingerprint density at radius 3 is 2.72 bits per heavy atom. The average Bonchev–Trinajstić information content (AvgIpc) is 2.94. The predicted molar refractivity (Wildman–Crippen MR) is 97.3 cm³/mol. The molecule has 2 aromatic rings. The van der Waals surface area contributed by atoms with E-state index in [-0.39, 0.29) is 18.0 Å². The third-order valence-electron chi connectivity index (χ3n) is 4.71. The standard InChI is InChI=1S/C17H17Cl2N5O/c18-9-4-5-11(13(19)6-9)15-12-7-24(8-14(12)22-16(20)23-15)17(25)21-10-2-1-3-10/h4-6,10H,1-3,7-8H2,(H,21,25)(H2,20,22,23). The lowest BCUT2D eigenvalue weighted by atomic mass is 9.93. The molecule has 1 aliphatic heterocycles. The van der Waals surface area contributed by atoms with Gasteiger partial charge in [0.15, 0.2) is 0 Å². The van der Waals surface area contributed by atoms with Gasteiger partial charge in [0.2, 0.25) is 5.95 Å². The highest BCUT2D eigenvalue weighted by Gasteiger charge is 2.31. The van der Waals surface area contributed by atoms with Crippen molar-refractivity contribution in [3.05, 3.63) is 39.5 Å². The van der Waals surface area contributed by atoms with Crippen molar-refractivity contribution < 1.29 is 4.79 Å². The molecule has 6 nitrogen and oxygen atoms in total. The summed E-state index contributed by atoms with van der Waals surface area (Å²) in [7, 11) is 0. The molecule has 25 heavy (non-hydrogen) atoms. The van der Waals surface area contributed by atoms with Crippen LogP contribution in [-0.2, 0) is 13.1 Å². The van der Waals surface area contributed by atoms with Crippen LogP contribution in [-0.4, -0.2) is 26.9 Å². The molecule has 0 saturated heterocycles. The van der Waals surface area contributed by atoms with Crippen LogP contribution in [0.3, 0.4) is 0 Å². The Kier molecular flexibility index (Phi) is 4.17. The number of nitrogens with two attached hydrogens (primary N) is 1. The lowest BCUT2D eigenvalue weighted by molar-refractivity contribution is 0.186. The molecule has 0 atom stereocenters. The largest absolute Gasteiger partial charge is 0.368 e. The SMILES string of the molecule is Nc1nc2c(c(-c3ccc(Cl)cc3Cl)n1)CN(C(=O)NC1CCC1)C2. The summed E-state index contributed by atoms with van der Waals surface area (Å²) >= 11 is 12.3. The first-order valence-corrected chi connectivity index (χ1v) is 8.93. The van der Waals surface area contributed by atoms with Crippen LogP contribution in [0.2, 0.25) is 10.0 Å². The van der Waals surface area contributed by atoms with Crippen molar-refractivity contribution in [2.24, 2.45) is 0 Å². The molecular formula is C17H17Cl2N5O. The van der Waals surface area contributed by atoms with Crippen molar-refractivity contribution >= 4 is 35.2 Å². The van der Waals surface area contributed by atoms with E-state index in [9.17, 15) is 4.79 Å². The molecule has 0 radical (unpaired) electrons. The Balaban J connectivity index is 1.65. The summed E-state index contributed by atoms with van der Waals surface area (Å²) < 4.78 is 0. The number of anilines is 1. The van der Waals surface area contributed by atoms with E-state index in [2.05, 4.69) is 15.3 Å². The van der Waals surface area contributed by atoms with Gasteiger partial charge in [0.1, 0.15) is 0 Å². The maximum absolute atomic E-state index is 12.5. The summed E-state index contributed by atoms with van der Waals surface area (Å²) in [4.78, 5) is 22.9. The zero-order valence-corrected chi connectivity index (χ0v) is 14.9. The van der Waals surface area contributed by atoms with Gasteiger partial charge in [-0.25, -0.2) is 14.8 Å². The molecule has 3 N–H and O–H groups in total. The number of urea groups is 1. The summed E-state index contributed by atoms with van der Waals surface area (Å²) in [6.07, 6.45) is 3.27. The molecule has 1 aromatic heterocycles. The summed E-state index contributed by atoms with van der Waals surface area (Å²) in [5.41, 5.74) is 8.90. The number of hydrogen-bond donors (Lipinski definition) is 2. The van der Waals surface area contributed by atoms with Crippen molar-refractivity contribution in [3.63, 3.8) is 0 Å². The van der Waals surface area contributed by atoms with E-state index in [1.165, 1.54) is 6.42 Å². The van der Waals surface area contributed by atoms with Crippen molar-refractivity contribution in [2.45, 2.75) is 38.4 Å². The van der Waals surface area contributed by atoms with Crippen LogP contribution in [0.25, 0.3) is 11.3 Å². The van der Waals surface area contributed by atoms with Crippen LogP contribution in [0.5, 0.6) is 0 Å². The van der Waals surface area contributed by atoms with Gasteiger partial charge in [0.25, 0.3) is 0 Å². The van der Waals surface area contributed by atoms with E-state index in [0.29, 0.717) is 28.8 Å². The molecule has 130 valence electrons. The molecule has 4 rings (SSSR count). The average molecular weight is 378 g/mol. The fourth-order valence-corrected chi connectivity index (χ4v) is 3.64. The highest BCUT2D eigenvalue weighted by Crippen LogP contribution is 2.36. The van der Waals surface area contributed by atoms with E-state index >= 15 is 0 Å². The van der Waals surface area contributed by atoms with Gasteiger partial charge in [0.05, 0.1) is 29.5 Å². The maximum Gasteiger partial charge on any atom is 0.318 e. The van der Waals surface area contributed by atoms with Gasteiger partial charge in [-0.15, -0.1) is 0 Å². The minimum Gasteiger partial charge on any atom is -0.368 e. The van der Waals surface area contributed by atoms with E-state index in [1.54, 1.807) is 17.0 Å². The van der Waals surface area contributed by atoms with Crippen molar-refractivity contribution in [1.82, 2.24) is 20.2 Å². The van der Waals surface area contributed by atoms with Crippen molar-refractivity contribution in [1.29, 1.82) is 0 Å². The van der Waals surface area contributed by atoms with Crippen LogP contribution in [0, 0.1) is 0 Å². The smallest absolute Gasteiger partial charge is 0.318 e. The highest BCUT2D eigenvalue weighted by atomic mass is 35.5. The van der Waals surface area contributed by atoms with E-state index in [4.69, 9.17) is 28.9 Å². The Bertz CT molecular complexity index is 853. The molecule has 1 aromatic carbocycles. The van der Waals surface area contributed by atoms with Crippen molar-refractivity contribution in [2.75, 3.05) is 5.73 Å². The first kappa shape index (κ1) is 16.4. The summed E-state index contributed by atoms with van der Waals surface area (Å²) in [5.74, 6) is 0.168. The van der Waals surface area contributed by atoms with Crippen LogP contribution in [0.4, 0.5) is 10.7 Å². The molecule has 0 spiro atoms. The molecule has 2 heterocycles. The quantitative estimate of drug-likeness (QED) is 0.836. The number of fused-ring (bicyclic) bond motifs is 1. The van der Waals surface area contributed by atoms with Gasteiger partial charge in [-0.3, -0.25) is 0 Å². The Hall–Kier alpha value is -2.05. The molecule has 1 fully saturated rings. The predicted octanol–water partition coefficient (Wildman–Crippen LogP) is 3.61. The topological polar surface area (TPSA) is 84.1 Å². The Morgan fingerprint density at radius 2 is 2.04 bits per heavy atom. The molecule has 0 unspecified atom stereocenters. The van der Waals surface area contributed by atoms with Crippen LogP contribution in [0.15, 0.2) is 18.2 Å². The zero-order chi connectivity index (χ0) is 17.6. The van der Waals surface area contributed by atoms with E-state index < -0.39 is 0 Å². The second-order valence-electron chi connectivity index (χ2n) is 6.41. The lowest BCUT2D eigenvalue weighted by Crippen LogP contribution is -2.45. The normalized spacial score (nSPS) is 16.5. The van der Waals surface area contributed by atoms with Gasteiger partial charge in [-0.2, -0.15) is 0 Å². The third-order valence-corrected chi connectivity index (χ3v) is 5.25. The van der Waals surface area contributed by atoms with Crippen LogP contribution in [0.1, 0.15) is 30.5 Å². The number of aromatic nitrogens is 2. The lowest BCUT2D eigenvalue weighted by Gasteiger charge is -2.28. The fourth-order valence-electron chi connectivity index (χ4n) is 3.14. The summed E-state index contributed by atoms with van der Waals surface area (Å²) in [6.45, 7) is 0.848. The Morgan fingerprint density at radius 1 is 1.24 bits per heavy atom. The molecule has 2 amide bonds. The van der Waals surface area contributed by atoms with E-state index in [0.717, 1.165) is 29.7 Å².